The Hall–Kier alpha value is -2.24. The van der Waals surface area contributed by atoms with Gasteiger partial charge in [0.15, 0.2) is 0 Å². The second-order valence-corrected chi connectivity index (χ2v) is 7.02. The van der Waals surface area contributed by atoms with Gasteiger partial charge in [0.2, 0.25) is 11.8 Å². The van der Waals surface area contributed by atoms with Gasteiger partial charge in [0.05, 0.1) is 18.1 Å². The molecule has 0 radical (unpaired) electrons. The summed E-state index contributed by atoms with van der Waals surface area (Å²) in [4.78, 5) is 26.5. The summed E-state index contributed by atoms with van der Waals surface area (Å²) in [5, 5.41) is 3.83. The first kappa shape index (κ1) is 18.5. The Kier molecular flexibility index (Phi) is 5.39. The number of nitrogens with zero attached hydrogens (tertiary/aromatic N) is 1. The van der Waals surface area contributed by atoms with Crippen LogP contribution >= 0.6 is 23.2 Å². The van der Waals surface area contributed by atoms with Crippen LogP contribution in [0.4, 0.5) is 11.4 Å². The lowest BCUT2D eigenvalue weighted by atomic mass is 10.1. The monoisotopic (exact) mass is 392 g/mol. The molecule has 0 bridgehead atoms. The number of ether oxygens (including phenoxy) is 1. The van der Waals surface area contributed by atoms with E-state index in [1.807, 2.05) is 13.0 Å². The van der Waals surface area contributed by atoms with Crippen molar-refractivity contribution < 1.29 is 14.3 Å². The van der Waals surface area contributed by atoms with Crippen LogP contribution in [0.5, 0.6) is 5.75 Å². The van der Waals surface area contributed by atoms with Gasteiger partial charge in [-0.05, 0) is 42.8 Å². The highest BCUT2D eigenvalue weighted by Crippen LogP contribution is 2.32. The Balaban J connectivity index is 1.74. The van der Waals surface area contributed by atoms with Crippen molar-refractivity contribution in [3.8, 4) is 5.75 Å². The third-order valence-corrected chi connectivity index (χ3v) is 4.93. The zero-order valence-electron chi connectivity index (χ0n) is 14.4. The standard InChI is InChI=1S/C19H18Cl2N2O3/c1-11-3-4-13(20)8-16(11)22-19(25)12-7-18(24)23(10-12)14-5-6-17(26-2)15(21)9-14/h3-6,8-9,12H,7,10H2,1-2H3,(H,22,25). The molecule has 0 spiro atoms. The van der Waals surface area contributed by atoms with Crippen molar-refractivity contribution in [2.75, 3.05) is 23.9 Å². The van der Waals surface area contributed by atoms with Gasteiger partial charge in [-0.2, -0.15) is 0 Å². The Morgan fingerprint density at radius 2 is 2.00 bits per heavy atom. The molecule has 1 atom stereocenters. The number of hydrogen-bond donors (Lipinski definition) is 1. The Morgan fingerprint density at radius 3 is 2.69 bits per heavy atom. The van der Waals surface area contributed by atoms with E-state index in [1.165, 1.54) is 7.11 Å². The molecule has 1 unspecified atom stereocenters. The SMILES string of the molecule is COc1ccc(N2CC(C(=O)Nc3cc(Cl)ccc3C)CC2=O)cc1Cl. The number of methoxy groups -OCH3 is 1. The van der Waals surface area contributed by atoms with Crippen LogP contribution in [-0.4, -0.2) is 25.5 Å². The Morgan fingerprint density at radius 1 is 1.23 bits per heavy atom. The largest absolute Gasteiger partial charge is 0.495 e. The molecule has 0 saturated carbocycles. The summed E-state index contributed by atoms with van der Waals surface area (Å²) in [5.74, 6) is -0.227. The summed E-state index contributed by atoms with van der Waals surface area (Å²) in [7, 11) is 1.53. The number of anilines is 2. The second-order valence-electron chi connectivity index (χ2n) is 6.17. The third kappa shape index (κ3) is 3.79. The minimum atomic E-state index is -0.443. The van der Waals surface area contributed by atoms with Gasteiger partial charge in [-0.3, -0.25) is 9.59 Å². The lowest BCUT2D eigenvalue weighted by molar-refractivity contribution is -0.122. The molecule has 0 aliphatic carbocycles. The van der Waals surface area contributed by atoms with E-state index in [0.29, 0.717) is 33.7 Å². The van der Waals surface area contributed by atoms with Gasteiger partial charge >= 0.3 is 0 Å². The molecule has 5 nitrogen and oxygen atoms in total. The molecular formula is C19H18Cl2N2O3. The summed E-state index contributed by atoms with van der Waals surface area (Å²) in [6.07, 6.45) is 0.148. The highest BCUT2D eigenvalue weighted by atomic mass is 35.5. The molecule has 2 aromatic rings. The first-order chi connectivity index (χ1) is 12.4. The van der Waals surface area contributed by atoms with E-state index in [2.05, 4.69) is 5.32 Å². The minimum absolute atomic E-state index is 0.116. The number of benzene rings is 2. The van der Waals surface area contributed by atoms with Gasteiger partial charge in [-0.25, -0.2) is 0 Å². The second kappa shape index (κ2) is 7.56. The van der Waals surface area contributed by atoms with Crippen molar-refractivity contribution in [1.82, 2.24) is 0 Å². The average molecular weight is 393 g/mol. The van der Waals surface area contributed by atoms with Crippen LogP contribution in [0.2, 0.25) is 10.0 Å². The molecule has 0 aromatic heterocycles. The van der Waals surface area contributed by atoms with Gasteiger partial charge in [-0.15, -0.1) is 0 Å². The van der Waals surface area contributed by atoms with Crippen LogP contribution in [0.3, 0.4) is 0 Å². The maximum atomic E-state index is 12.6. The molecular weight excluding hydrogens is 375 g/mol. The van der Waals surface area contributed by atoms with Crippen LogP contribution in [0.25, 0.3) is 0 Å². The maximum Gasteiger partial charge on any atom is 0.229 e. The van der Waals surface area contributed by atoms with Gasteiger partial charge in [-0.1, -0.05) is 29.3 Å². The molecule has 1 aliphatic heterocycles. The summed E-state index contributed by atoms with van der Waals surface area (Å²) in [6.45, 7) is 2.18. The Labute approximate surface area is 161 Å². The van der Waals surface area contributed by atoms with Crippen LogP contribution in [0.15, 0.2) is 36.4 Å². The predicted molar refractivity (Wildman–Crippen MR) is 103 cm³/mol. The van der Waals surface area contributed by atoms with Gasteiger partial charge in [0.25, 0.3) is 0 Å². The first-order valence-electron chi connectivity index (χ1n) is 8.10. The normalized spacial score (nSPS) is 16.7. The quantitative estimate of drug-likeness (QED) is 0.843. The molecule has 1 N–H and O–H groups in total. The van der Waals surface area contributed by atoms with Crippen LogP contribution in [-0.2, 0) is 9.59 Å². The number of aryl methyl sites for hydroxylation is 1. The Bertz CT molecular complexity index is 870. The number of amides is 2. The van der Waals surface area contributed by atoms with Crippen LogP contribution < -0.4 is 15.0 Å². The van der Waals surface area contributed by atoms with Gasteiger partial charge < -0.3 is 15.0 Å². The molecule has 2 amide bonds. The molecule has 26 heavy (non-hydrogen) atoms. The average Bonchev–Trinajstić information content (AvgIpc) is 3.00. The molecule has 7 heteroatoms. The summed E-state index contributed by atoms with van der Waals surface area (Å²) in [5.41, 5.74) is 2.21. The fourth-order valence-corrected chi connectivity index (χ4v) is 3.34. The number of rotatable bonds is 4. The number of halogens is 2. The highest BCUT2D eigenvalue weighted by Gasteiger charge is 2.35. The number of hydrogen-bond acceptors (Lipinski definition) is 3. The summed E-state index contributed by atoms with van der Waals surface area (Å²) < 4.78 is 5.13. The molecule has 3 rings (SSSR count). The molecule has 1 saturated heterocycles. The van der Waals surface area contributed by atoms with Crippen molar-refractivity contribution in [1.29, 1.82) is 0 Å². The van der Waals surface area contributed by atoms with E-state index >= 15 is 0 Å². The zero-order valence-corrected chi connectivity index (χ0v) is 15.9. The smallest absolute Gasteiger partial charge is 0.229 e. The lowest BCUT2D eigenvalue weighted by Gasteiger charge is -2.18. The third-order valence-electron chi connectivity index (χ3n) is 4.40. The van der Waals surface area contributed by atoms with E-state index in [9.17, 15) is 9.59 Å². The summed E-state index contributed by atoms with van der Waals surface area (Å²) in [6, 6.07) is 10.4. The van der Waals surface area contributed by atoms with E-state index in [0.717, 1.165) is 5.56 Å². The van der Waals surface area contributed by atoms with Crippen molar-refractivity contribution in [3.63, 3.8) is 0 Å². The first-order valence-corrected chi connectivity index (χ1v) is 8.85. The molecule has 1 heterocycles. The van der Waals surface area contributed by atoms with E-state index in [4.69, 9.17) is 27.9 Å². The molecule has 2 aromatic carbocycles. The fraction of sp³-hybridized carbons (Fsp3) is 0.263. The summed E-state index contributed by atoms with van der Waals surface area (Å²) >= 11 is 12.1. The molecule has 1 aliphatic rings. The maximum absolute atomic E-state index is 12.6. The van der Waals surface area contributed by atoms with E-state index in [-0.39, 0.29) is 18.2 Å². The lowest BCUT2D eigenvalue weighted by Crippen LogP contribution is -2.28. The van der Waals surface area contributed by atoms with Gasteiger partial charge in [0.1, 0.15) is 5.75 Å². The molecule has 1 fully saturated rings. The molecule has 136 valence electrons. The predicted octanol–water partition coefficient (Wildman–Crippen LogP) is 4.30. The number of carbonyl (C=O) groups excluding carboxylic acids is 2. The van der Waals surface area contributed by atoms with Crippen molar-refractivity contribution in [3.05, 3.63) is 52.0 Å². The number of nitrogens with one attached hydrogen (secondary N) is 1. The topological polar surface area (TPSA) is 58.6 Å². The van der Waals surface area contributed by atoms with Crippen LogP contribution in [0, 0.1) is 12.8 Å². The van der Waals surface area contributed by atoms with Crippen molar-refractivity contribution in [2.24, 2.45) is 5.92 Å². The van der Waals surface area contributed by atoms with Gasteiger partial charge in [0, 0.05) is 29.4 Å². The van der Waals surface area contributed by atoms with Crippen molar-refractivity contribution in [2.45, 2.75) is 13.3 Å². The van der Waals surface area contributed by atoms with Crippen LogP contribution in [0.1, 0.15) is 12.0 Å². The number of carbonyl (C=O) groups is 2. The zero-order chi connectivity index (χ0) is 18.8. The van der Waals surface area contributed by atoms with E-state index in [1.54, 1.807) is 35.2 Å². The van der Waals surface area contributed by atoms with E-state index < -0.39 is 5.92 Å². The minimum Gasteiger partial charge on any atom is -0.495 e. The fourth-order valence-electron chi connectivity index (χ4n) is 2.92. The highest BCUT2D eigenvalue weighted by molar-refractivity contribution is 6.32. The van der Waals surface area contributed by atoms with Crippen molar-refractivity contribution >= 4 is 46.4 Å².